The van der Waals surface area contributed by atoms with Gasteiger partial charge in [0.1, 0.15) is 6.10 Å². The summed E-state index contributed by atoms with van der Waals surface area (Å²) in [6.07, 6.45) is 2.23. The third kappa shape index (κ3) is 4.06. The quantitative estimate of drug-likeness (QED) is 0.512. The van der Waals surface area contributed by atoms with Crippen LogP contribution in [-0.2, 0) is 23.8 Å². The zero-order chi connectivity index (χ0) is 10.8. The van der Waals surface area contributed by atoms with Gasteiger partial charge in [0.05, 0.1) is 12.4 Å². The smallest absolute Gasteiger partial charge is 0.302 e. The summed E-state index contributed by atoms with van der Waals surface area (Å²) < 4.78 is 31.3. The summed E-state index contributed by atoms with van der Waals surface area (Å²) in [6, 6.07) is 0. The first kappa shape index (κ1) is 11.5. The van der Waals surface area contributed by atoms with Crippen LogP contribution in [-0.4, -0.2) is 32.9 Å². The molecular weight excluding hydrogens is 208 g/mol. The zero-order valence-corrected chi connectivity index (χ0v) is 9.04. The van der Waals surface area contributed by atoms with E-state index in [4.69, 9.17) is 8.92 Å². The molecule has 1 fully saturated rings. The van der Waals surface area contributed by atoms with Gasteiger partial charge in [-0.2, -0.15) is 8.42 Å². The first-order valence-electron chi connectivity index (χ1n) is 4.42. The van der Waals surface area contributed by atoms with Gasteiger partial charge in [-0.1, -0.05) is 0 Å². The average molecular weight is 222 g/mol. The second-order valence-electron chi connectivity index (χ2n) is 3.47. The molecular formula is C8H14O5S. The van der Waals surface area contributed by atoms with E-state index in [1.807, 2.05) is 0 Å². The highest BCUT2D eigenvalue weighted by Gasteiger charge is 2.29. The third-order valence-electron chi connectivity index (χ3n) is 1.98. The molecule has 6 heteroatoms. The maximum Gasteiger partial charge on any atom is 0.302 e. The van der Waals surface area contributed by atoms with E-state index >= 15 is 0 Å². The minimum Gasteiger partial charge on any atom is -0.462 e. The van der Waals surface area contributed by atoms with E-state index in [9.17, 15) is 13.2 Å². The van der Waals surface area contributed by atoms with Gasteiger partial charge in [0.25, 0.3) is 10.1 Å². The Morgan fingerprint density at radius 2 is 1.86 bits per heavy atom. The number of carbonyl (C=O) groups is 1. The number of esters is 1. The van der Waals surface area contributed by atoms with Gasteiger partial charge in [-0.3, -0.25) is 8.98 Å². The Morgan fingerprint density at radius 1 is 1.29 bits per heavy atom. The lowest BCUT2D eigenvalue weighted by atomic mass is 10.3. The summed E-state index contributed by atoms with van der Waals surface area (Å²) in [6.45, 7) is 1.34. The lowest BCUT2D eigenvalue weighted by Crippen LogP contribution is -2.17. The molecule has 1 saturated carbocycles. The molecule has 2 atom stereocenters. The van der Waals surface area contributed by atoms with Crippen molar-refractivity contribution in [2.24, 2.45) is 0 Å². The lowest BCUT2D eigenvalue weighted by Gasteiger charge is -2.10. The van der Waals surface area contributed by atoms with Gasteiger partial charge in [-0.25, -0.2) is 0 Å². The monoisotopic (exact) mass is 222 g/mol. The standard InChI is InChI=1S/C8H14O5S/c1-6(9)12-7-3-4-8(5-7)13-14(2,10)11/h7-8H,3-5H2,1-2H3. The summed E-state index contributed by atoms with van der Waals surface area (Å²) in [4.78, 5) is 10.6. The van der Waals surface area contributed by atoms with Crippen molar-refractivity contribution in [1.29, 1.82) is 0 Å². The summed E-state index contributed by atoms with van der Waals surface area (Å²) in [7, 11) is -3.40. The number of rotatable bonds is 3. The Morgan fingerprint density at radius 3 is 2.36 bits per heavy atom. The molecule has 0 amide bonds. The summed E-state index contributed by atoms with van der Waals surface area (Å²) in [5.74, 6) is -0.338. The molecule has 0 spiro atoms. The molecule has 0 radical (unpaired) electrons. The molecule has 1 aliphatic carbocycles. The highest BCUT2D eigenvalue weighted by molar-refractivity contribution is 7.86. The van der Waals surface area contributed by atoms with Gasteiger partial charge in [-0.05, 0) is 12.8 Å². The summed E-state index contributed by atoms with van der Waals surface area (Å²) >= 11 is 0. The van der Waals surface area contributed by atoms with Crippen molar-refractivity contribution in [3.05, 3.63) is 0 Å². The largest absolute Gasteiger partial charge is 0.462 e. The van der Waals surface area contributed by atoms with Gasteiger partial charge < -0.3 is 4.74 Å². The van der Waals surface area contributed by atoms with E-state index in [-0.39, 0.29) is 18.2 Å². The molecule has 0 heterocycles. The molecule has 82 valence electrons. The Hall–Kier alpha value is -0.620. The van der Waals surface area contributed by atoms with Crippen molar-refractivity contribution in [1.82, 2.24) is 0 Å². The fourth-order valence-corrected chi connectivity index (χ4v) is 2.25. The molecule has 0 saturated heterocycles. The van der Waals surface area contributed by atoms with Gasteiger partial charge in [0, 0.05) is 13.3 Å². The van der Waals surface area contributed by atoms with Crippen LogP contribution in [0.15, 0.2) is 0 Å². The van der Waals surface area contributed by atoms with Gasteiger partial charge in [-0.15, -0.1) is 0 Å². The zero-order valence-electron chi connectivity index (χ0n) is 8.23. The number of carbonyl (C=O) groups excluding carboxylic acids is 1. The number of hydrogen-bond acceptors (Lipinski definition) is 5. The number of hydrogen-bond donors (Lipinski definition) is 0. The highest BCUT2D eigenvalue weighted by atomic mass is 32.2. The molecule has 0 N–H and O–H groups in total. The SMILES string of the molecule is CC(=O)OC1CCC(OS(C)(=O)=O)C1. The van der Waals surface area contributed by atoms with Crippen LogP contribution in [0.5, 0.6) is 0 Å². The number of ether oxygens (including phenoxy) is 1. The Labute approximate surface area is 83.5 Å². The summed E-state index contributed by atoms with van der Waals surface area (Å²) in [5, 5.41) is 0. The molecule has 0 aromatic heterocycles. The van der Waals surface area contributed by atoms with Crippen LogP contribution in [0.25, 0.3) is 0 Å². The molecule has 0 aromatic rings. The second kappa shape index (κ2) is 4.27. The van der Waals surface area contributed by atoms with E-state index in [0.29, 0.717) is 19.3 Å². The Balaban J connectivity index is 2.38. The molecule has 14 heavy (non-hydrogen) atoms. The average Bonchev–Trinajstić information content (AvgIpc) is 2.30. The highest BCUT2D eigenvalue weighted by Crippen LogP contribution is 2.25. The van der Waals surface area contributed by atoms with E-state index in [1.54, 1.807) is 0 Å². The van der Waals surface area contributed by atoms with Gasteiger partial charge in [0.15, 0.2) is 0 Å². The fraction of sp³-hybridized carbons (Fsp3) is 0.875. The van der Waals surface area contributed by atoms with E-state index in [0.717, 1.165) is 6.26 Å². The van der Waals surface area contributed by atoms with Crippen molar-refractivity contribution in [2.45, 2.75) is 38.4 Å². The molecule has 5 nitrogen and oxygen atoms in total. The maximum absolute atomic E-state index is 10.8. The van der Waals surface area contributed by atoms with Gasteiger partial charge >= 0.3 is 5.97 Å². The molecule has 1 rings (SSSR count). The van der Waals surface area contributed by atoms with Crippen molar-refractivity contribution in [3.63, 3.8) is 0 Å². The molecule has 2 unspecified atom stereocenters. The van der Waals surface area contributed by atoms with Gasteiger partial charge in [0.2, 0.25) is 0 Å². The Kier molecular flexibility index (Phi) is 3.49. The van der Waals surface area contributed by atoms with Crippen LogP contribution in [0.4, 0.5) is 0 Å². The molecule has 1 aliphatic rings. The normalized spacial score (nSPS) is 27.6. The lowest BCUT2D eigenvalue weighted by molar-refractivity contribution is -0.146. The predicted molar refractivity (Wildman–Crippen MR) is 49.1 cm³/mol. The van der Waals surface area contributed by atoms with Crippen LogP contribution < -0.4 is 0 Å². The Bertz CT molecular complexity index is 308. The van der Waals surface area contributed by atoms with Crippen molar-refractivity contribution >= 4 is 16.1 Å². The molecule has 0 aromatic carbocycles. The fourth-order valence-electron chi connectivity index (χ4n) is 1.58. The molecule has 0 aliphatic heterocycles. The van der Waals surface area contributed by atoms with Crippen LogP contribution in [0.2, 0.25) is 0 Å². The van der Waals surface area contributed by atoms with Crippen molar-refractivity contribution < 1.29 is 22.1 Å². The minimum atomic E-state index is -3.40. The van der Waals surface area contributed by atoms with Crippen molar-refractivity contribution in [2.75, 3.05) is 6.26 Å². The van der Waals surface area contributed by atoms with E-state index in [2.05, 4.69) is 0 Å². The first-order chi connectivity index (χ1) is 6.37. The van der Waals surface area contributed by atoms with Crippen LogP contribution >= 0.6 is 0 Å². The summed E-state index contributed by atoms with van der Waals surface area (Å²) in [5.41, 5.74) is 0. The predicted octanol–water partition coefficient (Wildman–Crippen LogP) is 0.447. The van der Waals surface area contributed by atoms with Crippen LogP contribution in [0, 0.1) is 0 Å². The topological polar surface area (TPSA) is 69.7 Å². The van der Waals surface area contributed by atoms with E-state index in [1.165, 1.54) is 6.92 Å². The minimum absolute atomic E-state index is 0.195. The maximum atomic E-state index is 10.8. The second-order valence-corrected chi connectivity index (χ2v) is 5.07. The molecule has 0 bridgehead atoms. The first-order valence-corrected chi connectivity index (χ1v) is 6.24. The third-order valence-corrected chi connectivity index (χ3v) is 2.60. The van der Waals surface area contributed by atoms with Crippen molar-refractivity contribution in [3.8, 4) is 0 Å². The van der Waals surface area contributed by atoms with Crippen LogP contribution in [0.1, 0.15) is 26.2 Å². The van der Waals surface area contributed by atoms with E-state index < -0.39 is 10.1 Å². The van der Waals surface area contributed by atoms with Crippen LogP contribution in [0.3, 0.4) is 0 Å².